The first-order chi connectivity index (χ1) is 9.52. The minimum absolute atomic E-state index is 0.0481. The highest BCUT2D eigenvalue weighted by molar-refractivity contribution is 9.10. The summed E-state index contributed by atoms with van der Waals surface area (Å²) in [5.41, 5.74) is 7.23. The average Bonchev–Trinajstić information content (AvgIpc) is 2.43. The van der Waals surface area contributed by atoms with E-state index < -0.39 is 0 Å². The summed E-state index contributed by atoms with van der Waals surface area (Å²) in [7, 11) is 0. The number of aryl methyl sites for hydroxylation is 2. The maximum absolute atomic E-state index is 13.6. The molecule has 106 valence electrons. The summed E-state index contributed by atoms with van der Waals surface area (Å²) in [6.07, 6.45) is 0.624. The van der Waals surface area contributed by atoms with Gasteiger partial charge in [-0.2, -0.15) is 0 Å². The molecule has 1 atom stereocenters. The van der Waals surface area contributed by atoms with E-state index in [4.69, 9.17) is 5.84 Å². The van der Waals surface area contributed by atoms with Crippen LogP contribution in [0.1, 0.15) is 28.3 Å². The smallest absolute Gasteiger partial charge is 0.137 e. The van der Waals surface area contributed by atoms with Gasteiger partial charge in [0.1, 0.15) is 5.82 Å². The van der Waals surface area contributed by atoms with Gasteiger partial charge < -0.3 is 0 Å². The van der Waals surface area contributed by atoms with Crippen LogP contribution in [-0.2, 0) is 6.42 Å². The third-order valence-corrected chi connectivity index (χ3v) is 4.36. The van der Waals surface area contributed by atoms with Gasteiger partial charge in [-0.15, -0.1) is 0 Å². The van der Waals surface area contributed by atoms with Crippen LogP contribution in [0.15, 0.2) is 40.9 Å². The van der Waals surface area contributed by atoms with E-state index in [1.807, 2.05) is 6.07 Å². The highest BCUT2D eigenvalue weighted by atomic mass is 79.9. The van der Waals surface area contributed by atoms with Gasteiger partial charge in [-0.05, 0) is 59.0 Å². The minimum Gasteiger partial charge on any atom is -0.271 e. The molecule has 0 saturated heterocycles. The van der Waals surface area contributed by atoms with Crippen LogP contribution in [0.3, 0.4) is 0 Å². The Morgan fingerprint density at radius 3 is 2.70 bits per heavy atom. The lowest BCUT2D eigenvalue weighted by molar-refractivity contribution is 0.544. The number of hydrogen-bond acceptors (Lipinski definition) is 2. The number of rotatable bonds is 4. The van der Waals surface area contributed by atoms with Crippen molar-refractivity contribution >= 4 is 15.9 Å². The van der Waals surface area contributed by atoms with Gasteiger partial charge in [0.25, 0.3) is 0 Å². The molecule has 2 aromatic carbocycles. The Balaban J connectivity index is 2.34. The van der Waals surface area contributed by atoms with Crippen molar-refractivity contribution in [3.8, 4) is 0 Å². The Morgan fingerprint density at radius 1 is 1.25 bits per heavy atom. The van der Waals surface area contributed by atoms with Crippen LogP contribution in [0.5, 0.6) is 0 Å². The molecule has 0 bridgehead atoms. The third-order valence-electron chi connectivity index (χ3n) is 3.47. The van der Waals surface area contributed by atoms with E-state index in [-0.39, 0.29) is 11.9 Å². The first kappa shape index (κ1) is 15.2. The molecule has 4 heteroatoms. The Labute approximate surface area is 127 Å². The van der Waals surface area contributed by atoms with Crippen molar-refractivity contribution in [2.24, 2.45) is 5.84 Å². The Hall–Kier alpha value is -1.23. The van der Waals surface area contributed by atoms with E-state index >= 15 is 0 Å². The van der Waals surface area contributed by atoms with Crippen molar-refractivity contribution < 1.29 is 4.39 Å². The molecule has 1 unspecified atom stereocenters. The number of benzene rings is 2. The molecule has 0 amide bonds. The van der Waals surface area contributed by atoms with Gasteiger partial charge in [-0.1, -0.05) is 35.9 Å². The van der Waals surface area contributed by atoms with Crippen molar-refractivity contribution in [3.63, 3.8) is 0 Å². The standard InChI is InChI=1S/C16H18BrFN2/c1-10-6-7-11(2)13(8-10)15(20-19)9-12-4-3-5-14(18)16(12)17/h3-8,15,20H,9,19H2,1-2H3. The fourth-order valence-electron chi connectivity index (χ4n) is 2.32. The van der Waals surface area contributed by atoms with Crippen LogP contribution in [0, 0.1) is 19.7 Å². The van der Waals surface area contributed by atoms with Crippen molar-refractivity contribution in [2.45, 2.75) is 26.3 Å². The van der Waals surface area contributed by atoms with Crippen LogP contribution < -0.4 is 11.3 Å². The topological polar surface area (TPSA) is 38.0 Å². The summed E-state index contributed by atoms with van der Waals surface area (Å²) in [5.74, 6) is 5.45. The van der Waals surface area contributed by atoms with E-state index in [1.165, 1.54) is 17.2 Å². The number of nitrogens with two attached hydrogens (primary N) is 1. The zero-order valence-electron chi connectivity index (χ0n) is 11.6. The molecule has 0 aliphatic carbocycles. The van der Waals surface area contributed by atoms with E-state index in [9.17, 15) is 4.39 Å². The molecular formula is C16H18BrFN2. The number of hydrogen-bond donors (Lipinski definition) is 2. The van der Waals surface area contributed by atoms with Gasteiger partial charge in [0.2, 0.25) is 0 Å². The Bertz CT molecular complexity index is 613. The molecular weight excluding hydrogens is 319 g/mol. The molecule has 0 radical (unpaired) electrons. The Morgan fingerprint density at radius 2 is 2.00 bits per heavy atom. The first-order valence-corrected chi connectivity index (χ1v) is 7.28. The number of halogens is 2. The monoisotopic (exact) mass is 336 g/mol. The summed E-state index contributed by atoms with van der Waals surface area (Å²) >= 11 is 3.30. The molecule has 0 spiro atoms. The zero-order valence-corrected chi connectivity index (χ0v) is 13.2. The molecule has 2 aromatic rings. The second kappa shape index (κ2) is 6.48. The molecule has 2 nitrogen and oxygen atoms in total. The van der Waals surface area contributed by atoms with E-state index in [1.54, 1.807) is 6.07 Å². The maximum Gasteiger partial charge on any atom is 0.137 e. The van der Waals surface area contributed by atoms with Gasteiger partial charge >= 0.3 is 0 Å². The Kier molecular flexibility index (Phi) is 4.91. The van der Waals surface area contributed by atoms with Gasteiger partial charge in [0.15, 0.2) is 0 Å². The van der Waals surface area contributed by atoms with Crippen LogP contribution in [-0.4, -0.2) is 0 Å². The third kappa shape index (κ3) is 3.26. The minimum atomic E-state index is -0.251. The molecule has 0 heterocycles. The van der Waals surface area contributed by atoms with Crippen molar-refractivity contribution in [3.05, 3.63) is 68.9 Å². The SMILES string of the molecule is Cc1ccc(C)c(C(Cc2cccc(F)c2Br)NN)c1. The highest BCUT2D eigenvalue weighted by Gasteiger charge is 2.16. The largest absolute Gasteiger partial charge is 0.271 e. The summed E-state index contributed by atoms with van der Waals surface area (Å²) in [6.45, 7) is 4.11. The summed E-state index contributed by atoms with van der Waals surface area (Å²) in [6, 6.07) is 11.3. The predicted octanol–water partition coefficient (Wildman–Crippen LogP) is 3.95. The van der Waals surface area contributed by atoms with E-state index in [0.717, 1.165) is 11.1 Å². The second-order valence-corrected chi connectivity index (χ2v) is 5.79. The van der Waals surface area contributed by atoms with E-state index in [2.05, 4.69) is 53.4 Å². The van der Waals surface area contributed by atoms with Crippen LogP contribution in [0.25, 0.3) is 0 Å². The molecule has 0 aliphatic heterocycles. The molecule has 0 fully saturated rings. The molecule has 0 aromatic heterocycles. The summed E-state index contributed by atoms with van der Waals surface area (Å²) in [4.78, 5) is 0. The quantitative estimate of drug-likeness (QED) is 0.655. The highest BCUT2D eigenvalue weighted by Crippen LogP contribution is 2.27. The van der Waals surface area contributed by atoms with Crippen LogP contribution >= 0.6 is 15.9 Å². The van der Waals surface area contributed by atoms with Gasteiger partial charge in [0, 0.05) is 0 Å². The van der Waals surface area contributed by atoms with Crippen LogP contribution in [0.2, 0.25) is 0 Å². The van der Waals surface area contributed by atoms with Crippen LogP contribution in [0.4, 0.5) is 4.39 Å². The van der Waals surface area contributed by atoms with Crippen molar-refractivity contribution in [2.75, 3.05) is 0 Å². The van der Waals surface area contributed by atoms with Gasteiger partial charge in [0.05, 0.1) is 10.5 Å². The first-order valence-electron chi connectivity index (χ1n) is 6.49. The number of hydrazine groups is 1. The average molecular weight is 337 g/mol. The second-order valence-electron chi connectivity index (χ2n) is 5.00. The molecule has 3 N–H and O–H groups in total. The fourth-order valence-corrected chi connectivity index (χ4v) is 2.75. The van der Waals surface area contributed by atoms with E-state index in [0.29, 0.717) is 10.9 Å². The lowest BCUT2D eigenvalue weighted by atomic mass is 9.94. The fraction of sp³-hybridized carbons (Fsp3) is 0.250. The molecule has 0 aliphatic rings. The lowest BCUT2D eigenvalue weighted by Crippen LogP contribution is -2.30. The van der Waals surface area contributed by atoms with Crippen molar-refractivity contribution in [1.82, 2.24) is 5.43 Å². The number of nitrogens with one attached hydrogen (secondary N) is 1. The maximum atomic E-state index is 13.6. The van der Waals surface area contributed by atoms with Gasteiger partial charge in [-0.3, -0.25) is 11.3 Å². The summed E-state index contributed by atoms with van der Waals surface area (Å²) < 4.78 is 14.1. The zero-order chi connectivity index (χ0) is 14.7. The molecule has 2 rings (SSSR count). The molecule has 20 heavy (non-hydrogen) atoms. The predicted molar refractivity (Wildman–Crippen MR) is 83.8 cm³/mol. The van der Waals surface area contributed by atoms with Crippen molar-refractivity contribution in [1.29, 1.82) is 0 Å². The van der Waals surface area contributed by atoms with Gasteiger partial charge in [-0.25, -0.2) is 4.39 Å². The molecule has 0 saturated carbocycles. The summed E-state index contributed by atoms with van der Waals surface area (Å²) in [5, 5.41) is 0. The lowest BCUT2D eigenvalue weighted by Gasteiger charge is -2.20. The normalized spacial score (nSPS) is 12.4.